The Bertz CT molecular complexity index is 759. The lowest BCUT2D eigenvalue weighted by Gasteiger charge is -2.14. The Kier molecular flexibility index (Phi) is 6.55. The number of aryl methyl sites for hydroxylation is 1. The van der Waals surface area contributed by atoms with Crippen molar-refractivity contribution in [1.29, 1.82) is 0 Å². The van der Waals surface area contributed by atoms with Crippen LogP contribution >= 0.6 is 11.6 Å². The van der Waals surface area contributed by atoms with Crippen LogP contribution in [0.15, 0.2) is 30.6 Å². The Morgan fingerprint density at radius 2 is 2.12 bits per heavy atom. The second kappa shape index (κ2) is 8.64. The van der Waals surface area contributed by atoms with Crippen LogP contribution in [0.25, 0.3) is 0 Å². The molecule has 0 spiro atoms. The SMILES string of the molecule is CNC(C(=O)NCCC(=O)Nc1cccc(Cl)c1C)c1cnn(C)c1. The van der Waals surface area contributed by atoms with E-state index < -0.39 is 6.04 Å². The number of carbonyl (C=O) groups excluding carboxylic acids is 2. The number of benzene rings is 1. The molecule has 2 rings (SSSR count). The van der Waals surface area contributed by atoms with Crippen molar-refractivity contribution in [3.8, 4) is 0 Å². The quantitative estimate of drug-likeness (QED) is 0.699. The summed E-state index contributed by atoms with van der Waals surface area (Å²) in [6, 6.07) is 4.82. The van der Waals surface area contributed by atoms with Gasteiger partial charge in [0.2, 0.25) is 11.8 Å². The van der Waals surface area contributed by atoms with Crippen LogP contribution in [0.3, 0.4) is 0 Å². The molecule has 8 heteroatoms. The van der Waals surface area contributed by atoms with E-state index >= 15 is 0 Å². The van der Waals surface area contributed by atoms with Crippen molar-refractivity contribution in [2.45, 2.75) is 19.4 Å². The van der Waals surface area contributed by atoms with Crippen molar-refractivity contribution in [1.82, 2.24) is 20.4 Å². The third-order valence-corrected chi connectivity index (χ3v) is 4.21. The Labute approximate surface area is 151 Å². The normalized spacial score (nSPS) is 11.8. The highest BCUT2D eigenvalue weighted by molar-refractivity contribution is 6.31. The number of nitrogens with one attached hydrogen (secondary N) is 3. The molecule has 7 nitrogen and oxygen atoms in total. The van der Waals surface area contributed by atoms with E-state index in [1.54, 1.807) is 49.4 Å². The van der Waals surface area contributed by atoms with Crippen LogP contribution in [-0.2, 0) is 16.6 Å². The fraction of sp³-hybridized carbons (Fsp3) is 0.353. The summed E-state index contributed by atoms with van der Waals surface area (Å²) in [7, 11) is 3.49. The number of carbonyl (C=O) groups is 2. The van der Waals surface area contributed by atoms with Crippen LogP contribution in [0.5, 0.6) is 0 Å². The number of hydrogen-bond acceptors (Lipinski definition) is 4. The molecule has 1 unspecified atom stereocenters. The molecule has 0 aliphatic heterocycles. The molecule has 1 atom stereocenters. The predicted molar refractivity (Wildman–Crippen MR) is 97.5 cm³/mol. The molecule has 0 radical (unpaired) electrons. The summed E-state index contributed by atoms with van der Waals surface area (Å²) < 4.78 is 1.63. The number of likely N-dealkylation sites (N-methyl/N-ethyl adjacent to an activating group) is 1. The summed E-state index contributed by atoms with van der Waals surface area (Å²) in [4.78, 5) is 24.3. The van der Waals surface area contributed by atoms with E-state index in [-0.39, 0.29) is 24.8 Å². The first kappa shape index (κ1) is 19.0. The predicted octanol–water partition coefficient (Wildman–Crippen LogP) is 1.79. The molecule has 3 N–H and O–H groups in total. The molecule has 1 aromatic heterocycles. The van der Waals surface area contributed by atoms with Gasteiger partial charge in [-0.05, 0) is 31.7 Å². The number of anilines is 1. The smallest absolute Gasteiger partial charge is 0.241 e. The standard InChI is InChI=1S/C17H22ClN5O2/c1-11-13(18)5-4-6-14(11)22-15(24)7-8-20-17(25)16(19-2)12-9-21-23(3)10-12/h4-6,9-10,16,19H,7-8H2,1-3H3,(H,20,25)(H,22,24). The van der Waals surface area contributed by atoms with Gasteiger partial charge in [0.15, 0.2) is 0 Å². The maximum Gasteiger partial charge on any atom is 0.241 e. The van der Waals surface area contributed by atoms with Gasteiger partial charge in [-0.15, -0.1) is 0 Å². The molecule has 2 amide bonds. The molecule has 2 aromatic rings. The van der Waals surface area contributed by atoms with E-state index in [9.17, 15) is 9.59 Å². The third-order valence-electron chi connectivity index (χ3n) is 3.80. The van der Waals surface area contributed by atoms with Gasteiger partial charge in [0.05, 0.1) is 6.20 Å². The van der Waals surface area contributed by atoms with Crippen LogP contribution < -0.4 is 16.0 Å². The average Bonchev–Trinajstić information content (AvgIpc) is 2.98. The first-order valence-electron chi connectivity index (χ1n) is 7.91. The van der Waals surface area contributed by atoms with Gasteiger partial charge >= 0.3 is 0 Å². The number of halogens is 1. The molecule has 0 fully saturated rings. The summed E-state index contributed by atoms with van der Waals surface area (Å²) in [6.45, 7) is 2.08. The summed E-state index contributed by atoms with van der Waals surface area (Å²) in [5.74, 6) is -0.393. The van der Waals surface area contributed by atoms with Crippen molar-refractivity contribution in [2.24, 2.45) is 7.05 Å². The van der Waals surface area contributed by atoms with Gasteiger partial charge in [-0.25, -0.2) is 0 Å². The second-order valence-electron chi connectivity index (χ2n) is 5.67. The van der Waals surface area contributed by atoms with Crippen molar-refractivity contribution < 1.29 is 9.59 Å². The molecule has 0 bridgehead atoms. The zero-order chi connectivity index (χ0) is 18.4. The van der Waals surface area contributed by atoms with Crippen LogP contribution in [0, 0.1) is 6.92 Å². The van der Waals surface area contributed by atoms with E-state index in [2.05, 4.69) is 21.0 Å². The fourth-order valence-corrected chi connectivity index (χ4v) is 2.57. The van der Waals surface area contributed by atoms with Gasteiger partial charge in [-0.2, -0.15) is 5.10 Å². The van der Waals surface area contributed by atoms with Crippen molar-refractivity contribution in [2.75, 3.05) is 18.9 Å². The highest BCUT2D eigenvalue weighted by Gasteiger charge is 2.19. The van der Waals surface area contributed by atoms with Gasteiger partial charge in [-0.1, -0.05) is 17.7 Å². The van der Waals surface area contributed by atoms with Gasteiger partial charge in [0.1, 0.15) is 6.04 Å². The minimum absolute atomic E-state index is 0.168. The van der Waals surface area contributed by atoms with E-state index in [0.29, 0.717) is 10.7 Å². The summed E-state index contributed by atoms with van der Waals surface area (Å²) in [5.41, 5.74) is 2.25. The maximum absolute atomic E-state index is 12.3. The number of aromatic nitrogens is 2. The summed E-state index contributed by atoms with van der Waals surface area (Å²) in [5, 5.41) is 13.2. The van der Waals surface area contributed by atoms with E-state index in [4.69, 9.17) is 11.6 Å². The molecular weight excluding hydrogens is 342 g/mol. The number of nitrogens with zero attached hydrogens (tertiary/aromatic N) is 2. The van der Waals surface area contributed by atoms with Gasteiger partial charge in [-0.3, -0.25) is 14.3 Å². The van der Waals surface area contributed by atoms with Gasteiger partial charge in [0.25, 0.3) is 0 Å². The molecule has 1 heterocycles. The topological polar surface area (TPSA) is 88.1 Å². The Morgan fingerprint density at radius 1 is 1.36 bits per heavy atom. The molecule has 25 heavy (non-hydrogen) atoms. The van der Waals surface area contributed by atoms with Crippen molar-refractivity contribution in [3.05, 3.63) is 46.7 Å². The Hall–Kier alpha value is -2.38. The fourth-order valence-electron chi connectivity index (χ4n) is 2.40. The lowest BCUT2D eigenvalue weighted by Crippen LogP contribution is -2.37. The Morgan fingerprint density at radius 3 is 2.76 bits per heavy atom. The van der Waals surface area contributed by atoms with E-state index in [1.165, 1.54) is 0 Å². The lowest BCUT2D eigenvalue weighted by atomic mass is 10.1. The molecule has 134 valence electrons. The average molecular weight is 364 g/mol. The first-order chi connectivity index (χ1) is 11.9. The van der Waals surface area contributed by atoms with Crippen LogP contribution in [0.1, 0.15) is 23.6 Å². The third kappa shape index (κ3) is 5.04. The summed E-state index contributed by atoms with van der Waals surface area (Å²) in [6.07, 6.45) is 3.58. The highest BCUT2D eigenvalue weighted by atomic mass is 35.5. The minimum Gasteiger partial charge on any atom is -0.354 e. The molecule has 0 saturated heterocycles. The van der Waals surface area contributed by atoms with Gasteiger partial charge < -0.3 is 16.0 Å². The monoisotopic (exact) mass is 363 g/mol. The largest absolute Gasteiger partial charge is 0.354 e. The first-order valence-corrected chi connectivity index (χ1v) is 8.28. The minimum atomic E-state index is -0.507. The second-order valence-corrected chi connectivity index (χ2v) is 6.08. The highest BCUT2D eigenvalue weighted by Crippen LogP contribution is 2.22. The number of hydrogen-bond donors (Lipinski definition) is 3. The van der Waals surface area contributed by atoms with E-state index in [0.717, 1.165) is 11.1 Å². The van der Waals surface area contributed by atoms with Crippen molar-refractivity contribution >= 4 is 29.1 Å². The number of rotatable bonds is 7. The molecule has 0 aliphatic rings. The van der Waals surface area contributed by atoms with Gasteiger partial charge in [0, 0.05) is 42.5 Å². The zero-order valence-electron chi connectivity index (χ0n) is 14.5. The zero-order valence-corrected chi connectivity index (χ0v) is 15.2. The Balaban J connectivity index is 1.84. The number of amides is 2. The lowest BCUT2D eigenvalue weighted by molar-refractivity contribution is -0.123. The van der Waals surface area contributed by atoms with Crippen molar-refractivity contribution in [3.63, 3.8) is 0 Å². The summed E-state index contributed by atoms with van der Waals surface area (Å²) >= 11 is 6.03. The van der Waals surface area contributed by atoms with Crippen LogP contribution in [-0.4, -0.2) is 35.2 Å². The van der Waals surface area contributed by atoms with E-state index in [1.807, 2.05) is 6.92 Å². The van der Waals surface area contributed by atoms with Crippen LogP contribution in [0.2, 0.25) is 5.02 Å². The maximum atomic E-state index is 12.3. The molecule has 0 saturated carbocycles. The molecule has 1 aromatic carbocycles. The molecule has 0 aliphatic carbocycles. The molecular formula is C17H22ClN5O2. The van der Waals surface area contributed by atoms with Crippen LogP contribution in [0.4, 0.5) is 5.69 Å².